The molecule has 4 atom stereocenters. The number of nitrogens with zero attached hydrogens (tertiary/aromatic N) is 1. The first-order chi connectivity index (χ1) is 17.3. The molecule has 3 aromatic rings. The Hall–Kier alpha value is -3.42. The summed E-state index contributed by atoms with van der Waals surface area (Å²) in [5, 5.41) is 3.83. The summed E-state index contributed by atoms with van der Waals surface area (Å²) >= 11 is 12.5. The number of anilines is 2. The van der Waals surface area contributed by atoms with Gasteiger partial charge in [-0.2, -0.15) is 0 Å². The van der Waals surface area contributed by atoms with E-state index in [2.05, 4.69) is 5.32 Å². The van der Waals surface area contributed by atoms with Gasteiger partial charge in [0.1, 0.15) is 0 Å². The lowest BCUT2D eigenvalue weighted by Crippen LogP contribution is -2.34. The molecule has 0 unspecified atom stereocenters. The van der Waals surface area contributed by atoms with Crippen LogP contribution >= 0.6 is 23.2 Å². The maximum absolute atomic E-state index is 13.0. The van der Waals surface area contributed by atoms with Crippen molar-refractivity contribution in [2.24, 2.45) is 11.8 Å². The number of ether oxygens (including phenoxy) is 1. The van der Waals surface area contributed by atoms with Crippen molar-refractivity contribution in [3.63, 3.8) is 0 Å². The van der Waals surface area contributed by atoms with E-state index in [0.717, 1.165) is 15.7 Å². The van der Waals surface area contributed by atoms with Gasteiger partial charge in [-0.3, -0.25) is 19.3 Å². The molecular weight excluding hydrogens is 503 g/mol. The number of esters is 1. The fourth-order valence-corrected chi connectivity index (χ4v) is 5.45. The van der Waals surface area contributed by atoms with Gasteiger partial charge in [-0.25, -0.2) is 4.79 Å². The smallest absolute Gasteiger partial charge is 0.338 e. The van der Waals surface area contributed by atoms with Crippen molar-refractivity contribution in [3.8, 4) is 0 Å². The first kappa shape index (κ1) is 24.3. The highest BCUT2D eigenvalue weighted by molar-refractivity contribution is 6.31. The molecule has 1 N–H and O–H groups in total. The van der Waals surface area contributed by atoms with E-state index in [4.69, 9.17) is 27.9 Å². The average molecular weight is 525 g/mol. The Labute approximate surface area is 217 Å². The summed E-state index contributed by atoms with van der Waals surface area (Å²) < 4.78 is 5.19. The molecule has 9 heteroatoms. The second kappa shape index (κ2) is 9.91. The molecule has 2 aliphatic rings. The minimum absolute atomic E-state index is 0.117. The number of hydrogen-bond donors (Lipinski definition) is 1. The number of nitrogens with one attached hydrogen (secondary N) is 1. The Balaban J connectivity index is 1.25. The van der Waals surface area contributed by atoms with Crippen LogP contribution in [-0.4, -0.2) is 41.1 Å². The Kier molecular flexibility index (Phi) is 6.69. The van der Waals surface area contributed by atoms with Crippen molar-refractivity contribution in [2.75, 3.05) is 16.8 Å². The number of alkyl halides is 2. The Morgan fingerprint density at radius 3 is 2.25 bits per heavy atom. The molecule has 36 heavy (non-hydrogen) atoms. The number of halogens is 2. The molecule has 5 rings (SSSR count). The number of carbonyl (C=O) groups excluding carboxylic acids is 4. The quantitative estimate of drug-likeness (QED) is 0.295. The van der Waals surface area contributed by atoms with Crippen molar-refractivity contribution < 1.29 is 23.9 Å². The lowest BCUT2D eigenvalue weighted by molar-refractivity contribution is -0.122. The predicted octanol–water partition coefficient (Wildman–Crippen LogP) is 4.75. The summed E-state index contributed by atoms with van der Waals surface area (Å²) in [6.45, 7) is -0.494. The van der Waals surface area contributed by atoms with Crippen molar-refractivity contribution in [1.29, 1.82) is 0 Å². The van der Waals surface area contributed by atoms with Crippen LogP contribution in [-0.2, 0) is 19.1 Å². The molecule has 2 fully saturated rings. The molecule has 0 radical (unpaired) electrons. The maximum atomic E-state index is 13.0. The molecular formula is C27H22Cl2N2O5. The number of benzene rings is 3. The topological polar surface area (TPSA) is 92.8 Å². The van der Waals surface area contributed by atoms with Gasteiger partial charge in [0.15, 0.2) is 6.61 Å². The first-order valence-corrected chi connectivity index (χ1v) is 12.4. The molecule has 1 saturated heterocycles. The summed E-state index contributed by atoms with van der Waals surface area (Å²) in [5.74, 6) is -2.98. The molecule has 0 spiro atoms. The highest BCUT2D eigenvalue weighted by atomic mass is 35.5. The van der Waals surface area contributed by atoms with Gasteiger partial charge in [-0.05, 0) is 42.5 Å². The fraction of sp³-hybridized carbons (Fsp3) is 0.259. The summed E-state index contributed by atoms with van der Waals surface area (Å²) in [4.78, 5) is 52.2. The molecule has 7 nitrogen and oxygen atoms in total. The molecule has 0 aromatic heterocycles. The van der Waals surface area contributed by atoms with E-state index in [9.17, 15) is 19.2 Å². The molecule has 3 aromatic carbocycles. The normalized spacial score (nSPS) is 23.4. The largest absolute Gasteiger partial charge is 0.452 e. The van der Waals surface area contributed by atoms with Crippen molar-refractivity contribution in [3.05, 3.63) is 72.3 Å². The zero-order valence-corrected chi connectivity index (χ0v) is 20.5. The van der Waals surface area contributed by atoms with Crippen molar-refractivity contribution in [1.82, 2.24) is 0 Å². The van der Waals surface area contributed by atoms with Crippen LogP contribution in [0.3, 0.4) is 0 Å². The van der Waals surface area contributed by atoms with E-state index in [1.807, 2.05) is 36.4 Å². The summed E-state index contributed by atoms with van der Waals surface area (Å²) in [6.07, 6.45) is 0.657. The van der Waals surface area contributed by atoms with Gasteiger partial charge in [-0.15, -0.1) is 23.2 Å². The van der Waals surface area contributed by atoms with Gasteiger partial charge < -0.3 is 10.1 Å². The zero-order valence-electron chi connectivity index (χ0n) is 19.0. The van der Waals surface area contributed by atoms with Crippen LogP contribution in [0.4, 0.5) is 11.4 Å². The molecule has 184 valence electrons. The predicted molar refractivity (Wildman–Crippen MR) is 137 cm³/mol. The Morgan fingerprint density at radius 2 is 1.53 bits per heavy atom. The summed E-state index contributed by atoms with van der Waals surface area (Å²) in [5.41, 5.74) is 1.000. The van der Waals surface area contributed by atoms with Crippen LogP contribution in [0.1, 0.15) is 23.2 Å². The van der Waals surface area contributed by atoms with Gasteiger partial charge in [0, 0.05) is 11.1 Å². The van der Waals surface area contributed by atoms with E-state index < -0.39 is 30.3 Å². The molecule has 0 bridgehead atoms. The van der Waals surface area contributed by atoms with Crippen LogP contribution in [0, 0.1) is 11.8 Å². The lowest BCUT2D eigenvalue weighted by Gasteiger charge is -2.28. The zero-order chi connectivity index (χ0) is 25.4. The fourth-order valence-electron chi connectivity index (χ4n) is 4.86. The number of carbonyl (C=O) groups is 4. The van der Waals surface area contributed by atoms with Crippen LogP contribution in [0.5, 0.6) is 0 Å². The summed E-state index contributed by atoms with van der Waals surface area (Å²) in [6, 6.07) is 19.2. The third-order valence-corrected chi connectivity index (χ3v) is 7.74. The minimum atomic E-state index is -0.747. The van der Waals surface area contributed by atoms with Gasteiger partial charge in [0.05, 0.1) is 33.8 Å². The van der Waals surface area contributed by atoms with Gasteiger partial charge in [0.25, 0.3) is 5.91 Å². The molecule has 1 saturated carbocycles. The van der Waals surface area contributed by atoms with Crippen LogP contribution in [0.2, 0.25) is 0 Å². The van der Waals surface area contributed by atoms with E-state index >= 15 is 0 Å². The second-order valence-corrected chi connectivity index (χ2v) is 10.1. The molecule has 1 heterocycles. The average Bonchev–Trinajstić information content (AvgIpc) is 3.12. The number of imide groups is 1. The summed E-state index contributed by atoms with van der Waals surface area (Å²) in [7, 11) is 0. The second-order valence-electron chi connectivity index (χ2n) is 8.93. The number of fused-ring (bicyclic) bond motifs is 2. The van der Waals surface area contributed by atoms with Crippen molar-refractivity contribution >= 4 is 69.0 Å². The standard InChI is InChI=1S/C27H22Cl2N2O5/c28-21-12-19-20(13-22(21)29)26(34)31(25(19)33)17-8-3-7-16(11-17)27(35)36-14-24(32)30-23-10-4-6-15-5-1-2-9-18(15)23/h1-11,19-22H,12-14H2,(H,30,32)/t19-,20-,21-,22+/m1/s1. The highest BCUT2D eigenvalue weighted by Crippen LogP contribution is 2.43. The van der Waals surface area contributed by atoms with Crippen LogP contribution in [0.15, 0.2) is 66.7 Å². The van der Waals surface area contributed by atoms with Crippen molar-refractivity contribution in [2.45, 2.75) is 23.6 Å². The highest BCUT2D eigenvalue weighted by Gasteiger charge is 2.52. The number of rotatable bonds is 5. The number of hydrogen-bond acceptors (Lipinski definition) is 5. The van der Waals surface area contributed by atoms with E-state index in [-0.39, 0.29) is 33.8 Å². The van der Waals surface area contributed by atoms with Crippen LogP contribution < -0.4 is 10.2 Å². The van der Waals surface area contributed by atoms with E-state index in [1.54, 1.807) is 18.2 Å². The maximum Gasteiger partial charge on any atom is 0.338 e. The van der Waals surface area contributed by atoms with E-state index in [0.29, 0.717) is 18.5 Å². The SMILES string of the molecule is O=C(COC(=O)c1cccc(N2C(=O)[C@@H]3C[C@@H](Cl)[C@@H](Cl)C[C@H]3C2=O)c1)Nc1cccc2ccccc12. The van der Waals surface area contributed by atoms with Gasteiger partial charge in [-0.1, -0.05) is 42.5 Å². The molecule has 3 amide bonds. The van der Waals surface area contributed by atoms with E-state index in [1.165, 1.54) is 12.1 Å². The molecule has 1 aliphatic carbocycles. The third kappa shape index (κ3) is 4.56. The van der Waals surface area contributed by atoms with Gasteiger partial charge in [0.2, 0.25) is 11.8 Å². The Bertz CT molecular complexity index is 1340. The van der Waals surface area contributed by atoms with Crippen LogP contribution in [0.25, 0.3) is 10.8 Å². The molecule has 1 aliphatic heterocycles. The monoisotopic (exact) mass is 524 g/mol. The Morgan fingerprint density at radius 1 is 0.889 bits per heavy atom. The number of amides is 3. The lowest BCUT2D eigenvalue weighted by atomic mass is 9.80. The first-order valence-electron chi connectivity index (χ1n) is 11.5. The minimum Gasteiger partial charge on any atom is -0.452 e. The third-order valence-electron chi connectivity index (χ3n) is 6.65. The van der Waals surface area contributed by atoms with Gasteiger partial charge >= 0.3 is 5.97 Å².